The summed E-state index contributed by atoms with van der Waals surface area (Å²) in [7, 11) is 0. The van der Waals surface area contributed by atoms with E-state index >= 15 is 0 Å². The van der Waals surface area contributed by atoms with Gasteiger partial charge >= 0.3 is 0 Å². The van der Waals surface area contributed by atoms with Gasteiger partial charge in [-0.05, 0) is 30.2 Å². The van der Waals surface area contributed by atoms with Crippen molar-refractivity contribution in [1.29, 1.82) is 5.26 Å². The second-order valence-corrected chi connectivity index (χ2v) is 5.09. The van der Waals surface area contributed by atoms with Crippen molar-refractivity contribution in [3.63, 3.8) is 0 Å². The van der Waals surface area contributed by atoms with Crippen molar-refractivity contribution < 1.29 is 9.53 Å². The summed E-state index contributed by atoms with van der Waals surface area (Å²) < 4.78 is 5.12. The molecule has 0 heterocycles. The number of anilines is 1. The highest BCUT2D eigenvalue weighted by molar-refractivity contribution is 9.10. The first-order chi connectivity index (χ1) is 8.54. The van der Waals surface area contributed by atoms with E-state index in [9.17, 15) is 4.79 Å². The number of hydrogen-bond donors (Lipinski definition) is 1. The van der Waals surface area contributed by atoms with E-state index in [-0.39, 0.29) is 23.3 Å². The minimum absolute atomic E-state index is 0.0164. The monoisotopic (exact) mass is 310 g/mol. The van der Waals surface area contributed by atoms with Crippen molar-refractivity contribution in [1.82, 2.24) is 0 Å². The first kappa shape index (κ1) is 14.5. The molecule has 0 fully saturated rings. The van der Waals surface area contributed by atoms with Gasteiger partial charge in [-0.1, -0.05) is 29.8 Å². The zero-order chi connectivity index (χ0) is 13.5. The van der Waals surface area contributed by atoms with Gasteiger partial charge in [0.15, 0.2) is 6.61 Å². The van der Waals surface area contributed by atoms with E-state index in [4.69, 9.17) is 10.00 Å². The molecule has 0 spiro atoms. The van der Waals surface area contributed by atoms with E-state index in [1.54, 1.807) is 24.3 Å². The third-order valence-electron chi connectivity index (χ3n) is 2.26. The molecule has 1 amide bonds. The maximum absolute atomic E-state index is 11.8. The highest BCUT2D eigenvalue weighted by Gasteiger charge is 2.18. The summed E-state index contributed by atoms with van der Waals surface area (Å²) in [6.45, 7) is 3.96. The maximum atomic E-state index is 11.8. The predicted molar refractivity (Wildman–Crippen MR) is 73.7 cm³/mol. The number of hydrogen-bond acceptors (Lipinski definition) is 3. The van der Waals surface area contributed by atoms with Crippen LogP contribution in [0.25, 0.3) is 0 Å². The Morgan fingerprint density at radius 2 is 2.06 bits per heavy atom. The van der Waals surface area contributed by atoms with E-state index in [0.29, 0.717) is 11.4 Å². The fourth-order valence-corrected chi connectivity index (χ4v) is 1.38. The van der Waals surface area contributed by atoms with Crippen LogP contribution in [0.1, 0.15) is 13.8 Å². The lowest BCUT2D eigenvalue weighted by molar-refractivity contribution is -0.116. The van der Waals surface area contributed by atoms with Gasteiger partial charge in [-0.15, -0.1) is 0 Å². The topological polar surface area (TPSA) is 62.1 Å². The standard InChI is InChI=1S/C13H15BrN2O2/c1-9(2)12(14)13(17)16-10-3-5-11(6-4-10)18-8-7-15/h3-6,9,12H,8H2,1-2H3,(H,16,17). The highest BCUT2D eigenvalue weighted by atomic mass is 79.9. The van der Waals surface area contributed by atoms with Gasteiger partial charge in [0.2, 0.25) is 5.91 Å². The molecule has 1 rings (SSSR count). The van der Waals surface area contributed by atoms with Gasteiger partial charge in [0.25, 0.3) is 0 Å². The largest absolute Gasteiger partial charge is 0.479 e. The predicted octanol–water partition coefficient (Wildman–Crippen LogP) is 2.95. The third-order valence-corrected chi connectivity index (χ3v) is 3.73. The lowest BCUT2D eigenvalue weighted by Crippen LogP contribution is -2.26. The number of ether oxygens (including phenoxy) is 1. The molecule has 0 aliphatic heterocycles. The number of halogens is 1. The number of amides is 1. The molecule has 1 aromatic carbocycles. The van der Waals surface area contributed by atoms with Gasteiger partial charge < -0.3 is 10.1 Å². The second kappa shape index (κ2) is 7.02. The summed E-state index contributed by atoms with van der Waals surface area (Å²) >= 11 is 3.34. The van der Waals surface area contributed by atoms with Crippen LogP contribution in [0.2, 0.25) is 0 Å². The zero-order valence-corrected chi connectivity index (χ0v) is 11.9. The normalized spacial score (nSPS) is 11.7. The van der Waals surface area contributed by atoms with Crippen LogP contribution in [-0.2, 0) is 4.79 Å². The molecule has 4 nitrogen and oxygen atoms in total. The quantitative estimate of drug-likeness (QED) is 0.850. The summed E-state index contributed by atoms with van der Waals surface area (Å²) in [6, 6.07) is 8.80. The van der Waals surface area contributed by atoms with Crippen molar-refractivity contribution in [3.8, 4) is 11.8 Å². The van der Waals surface area contributed by atoms with Gasteiger partial charge in [-0.25, -0.2) is 0 Å². The molecular weight excluding hydrogens is 296 g/mol. The Hall–Kier alpha value is -1.54. The molecule has 0 saturated heterocycles. The minimum atomic E-state index is -0.216. The fourth-order valence-electron chi connectivity index (χ4n) is 1.26. The Morgan fingerprint density at radius 3 is 2.56 bits per heavy atom. The first-order valence-electron chi connectivity index (χ1n) is 5.59. The SMILES string of the molecule is CC(C)C(Br)C(=O)Nc1ccc(OCC#N)cc1. The van der Waals surface area contributed by atoms with Crippen LogP contribution in [0.15, 0.2) is 24.3 Å². The number of nitriles is 1. The molecule has 1 aromatic rings. The smallest absolute Gasteiger partial charge is 0.238 e. The van der Waals surface area contributed by atoms with Crippen LogP contribution in [0, 0.1) is 17.2 Å². The molecule has 18 heavy (non-hydrogen) atoms. The molecule has 0 radical (unpaired) electrons. The van der Waals surface area contributed by atoms with Crippen LogP contribution in [0.5, 0.6) is 5.75 Å². The molecule has 96 valence electrons. The van der Waals surface area contributed by atoms with Crippen molar-refractivity contribution in [2.45, 2.75) is 18.7 Å². The fraction of sp³-hybridized carbons (Fsp3) is 0.385. The molecule has 0 bridgehead atoms. The molecule has 1 unspecified atom stereocenters. The maximum Gasteiger partial charge on any atom is 0.238 e. The number of nitrogens with one attached hydrogen (secondary N) is 1. The van der Waals surface area contributed by atoms with Gasteiger partial charge in [0.1, 0.15) is 11.8 Å². The summed E-state index contributed by atoms with van der Waals surface area (Å²) in [6.07, 6.45) is 0. The van der Waals surface area contributed by atoms with Crippen LogP contribution in [0.4, 0.5) is 5.69 Å². The van der Waals surface area contributed by atoms with Gasteiger partial charge in [0, 0.05) is 5.69 Å². The van der Waals surface area contributed by atoms with Crippen molar-refractivity contribution in [2.75, 3.05) is 11.9 Å². The Morgan fingerprint density at radius 1 is 1.44 bits per heavy atom. The molecule has 0 aromatic heterocycles. The Kier molecular flexibility index (Phi) is 5.66. The van der Waals surface area contributed by atoms with Crippen LogP contribution in [-0.4, -0.2) is 17.3 Å². The van der Waals surface area contributed by atoms with E-state index in [2.05, 4.69) is 21.2 Å². The Labute approximate surface area is 115 Å². The van der Waals surface area contributed by atoms with Crippen LogP contribution < -0.4 is 10.1 Å². The van der Waals surface area contributed by atoms with Crippen molar-refractivity contribution in [2.24, 2.45) is 5.92 Å². The van der Waals surface area contributed by atoms with E-state index in [1.807, 2.05) is 19.9 Å². The summed E-state index contributed by atoms with van der Waals surface area (Å²) in [4.78, 5) is 11.6. The number of rotatable bonds is 5. The van der Waals surface area contributed by atoms with E-state index in [1.165, 1.54) is 0 Å². The lowest BCUT2D eigenvalue weighted by Gasteiger charge is -2.13. The number of benzene rings is 1. The van der Waals surface area contributed by atoms with Crippen molar-refractivity contribution in [3.05, 3.63) is 24.3 Å². The molecule has 0 saturated carbocycles. The molecule has 0 aliphatic carbocycles. The lowest BCUT2D eigenvalue weighted by atomic mass is 10.1. The average molecular weight is 311 g/mol. The zero-order valence-electron chi connectivity index (χ0n) is 10.3. The van der Waals surface area contributed by atoms with Crippen LogP contribution in [0.3, 0.4) is 0 Å². The molecule has 1 atom stereocenters. The van der Waals surface area contributed by atoms with E-state index in [0.717, 1.165) is 0 Å². The van der Waals surface area contributed by atoms with Gasteiger partial charge in [0.05, 0.1) is 4.83 Å². The summed E-state index contributed by atoms with van der Waals surface area (Å²) in [5.74, 6) is 0.757. The third kappa shape index (κ3) is 4.38. The molecular formula is C13H15BrN2O2. The molecule has 5 heteroatoms. The van der Waals surface area contributed by atoms with Gasteiger partial charge in [-0.2, -0.15) is 5.26 Å². The molecule has 1 N–H and O–H groups in total. The number of alkyl halides is 1. The van der Waals surface area contributed by atoms with E-state index < -0.39 is 0 Å². The molecule has 0 aliphatic rings. The second-order valence-electron chi connectivity index (χ2n) is 4.11. The Bertz CT molecular complexity index is 437. The average Bonchev–Trinajstić information content (AvgIpc) is 2.36. The van der Waals surface area contributed by atoms with Gasteiger partial charge in [-0.3, -0.25) is 4.79 Å². The number of nitrogens with zero attached hydrogens (tertiary/aromatic N) is 1. The summed E-state index contributed by atoms with van der Waals surface area (Å²) in [5, 5.41) is 11.2. The number of carbonyl (C=O) groups excluding carboxylic acids is 1. The van der Waals surface area contributed by atoms with Crippen molar-refractivity contribution >= 4 is 27.5 Å². The Balaban J connectivity index is 2.59. The highest BCUT2D eigenvalue weighted by Crippen LogP contribution is 2.18. The minimum Gasteiger partial charge on any atom is -0.479 e. The first-order valence-corrected chi connectivity index (χ1v) is 6.51. The summed E-state index contributed by atoms with van der Waals surface area (Å²) in [5.41, 5.74) is 0.703. The van der Waals surface area contributed by atoms with Crippen LogP contribution >= 0.6 is 15.9 Å². The number of carbonyl (C=O) groups is 1.